The number of carbonyl (C=O) groups is 1. The Labute approximate surface area is 206 Å². The molecule has 1 N–H and O–H groups in total. The molecule has 0 amide bonds. The molecular formula is C26H34Cl2O3S. The van der Waals surface area contributed by atoms with Crippen molar-refractivity contribution in [2.75, 3.05) is 7.11 Å². The monoisotopic (exact) mass is 496 g/mol. The Bertz CT molecular complexity index is 862. The van der Waals surface area contributed by atoms with Crippen LogP contribution in [0.5, 0.6) is 0 Å². The Morgan fingerprint density at radius 1 is 1.19 bits per heavy atom. The Hall–Kier alpha value is -1.07. The maximum Gasteiger partial charge on any atom is 0.348 e. The SMILES string of the molecule is CCCCCC(O)c1ccc(C2C(CCCc3ccc(C(=O)OC)s3)CCC2(Cl)Cl)cc1. The van der Waals surface area contributed by atoms with E-state index in [9.17, 15) is 9.90 Å². The summed E-state index contributed by atoms with van der Waals surface area (Å²) in [5, 5.41) is 10.5. The van der Waals surface area contributed by atoms with E-state index in [-0.39, 0.29) is 11.9 Å². The molecular weight excluding hydrogens is 463 g/mol. The van der Waals surface area contributed by atoms with Gasteiger partial charge in [-0.3, -0.25) is 0 Å². The number of aliphatic hydroxyl groups is 1. The number of ether oxygens (including phenoxy) is 1. The summed E-state index contributed by atoms with van der Waals surface area (Å²) >= 11 is 15.0. The third-order valence-electron chi connectivity index (χ3n) is 6.58. The molecule has 0 radical (unpaired) electrons. The molecule has 2 aromatic rings. The average Bonchev–Trinajstić information content (AvgIpc) is 3.37. The Balaban J connectivity index is 1.60. The van der Waals surface area contributed by atoms with Gasteiger partial charge in [-0.1, -0.05) is 50.5 Å². The van der Waals surface area contributed by atoms with Gasteiger partial charge in [0.2, 0.25) is 0 Å². The Kier molecular flexibility index (Phi) is 9.48. The van der Waals surface area contributed by atoms with Gasteiger partial charge in [0.25, 0.3) is 0 Å². The molecule has 1 fully saturated rings. The lowest BCUT2D eigenvalue weighted by Gasteiger charge is -2.28. The first kappa shape index (κ1) is 25.6. The highest BCUT2D eigenvalue weighted by Gasteiger charge is 2.46. The summed E-state index contributed by atoms with van der Waals surface area (Å²) in [5.74, 6) is 0.238. The number of benzene rings is 1. The number of hydrogen-bond acceptors (Lipinski definition) is 4. The number of thiophene rings is 1. The first-order valence-electron chi connectivity index (χ1n) is 11.7. The summed E-state index contributed by atoms with van der Waals surface area (Å²) in [7, 11) is 1.41. The second kappa shape index (κ2) is 11.9. The number of unbranched alkanes of at least 4 members (excludes halogenated alkanes) is 2. The van der Waals surface area contributed by atoms with Gasteiger partial charge in [-0.25, -0.2) is 4.79 Å². The van der Waals surface area contributed by atoms with Gasteiger partial charge in [0.05, 0.1) is 13.2 Å². The highest BCUT2D eigenvalue weighted by Crippen LogP contribution is 2.55. The van der Waals surface area contributed by atoms with Gasteiger partial charge in [0.1, 0.15) is 9.21 Å². The fourth-order valence-electron chi connectivity index (χ4n) is 4.81. The van der Waals surface area contributed by atoms with Crippen LogP contribution in [0.25, 0.3) is 0 Å². The molecule has 0 saturated heterocycles. The van der Waals surface area contributed by atoms with Crippen LogP contribution in [0.2, 0.25) is 0 Å². The van der Waals surface area contributed by atoms with E-state index in [0.717, 1.165) is 68.9 Å². The van der Waals surface area contributed by atoms with Gasteiger partial charge in [0.15, 0.2) is 0 Å². The molecule has 0 aliphatic heterocycles. The molecule has 0 spiro atoms. The molecule has 6 heteroatoms. The molecule has 1 heterocycles. The third kappa shape index (κ3) is 6.50. The van der Waals surface area contributed by atoms with Crippen LogP contribution in [-0.4, -0.2) is 22.5 Å². The molecule has 32 heavy (non-hydrogen) atoms. The zero-order valence-electron chi connectivity index (χ0n) is 19.0. The zero-order chi connectivity index (χ0) is 23.1. The minimum Gasteiger partial charge on any atom is -0.465 e. The number of aliphatic hydroxyl groups excluding tert-OH is 1. The van der Waals surface area contributed by atoms with E-state index in [1.54, 1.807) is 0 Å². The van der Waals surface area contributed by atoms with Crippen molar-refractivity contribution in [3.05, 3.63) is 57.3 Å². The molecule has 176 valence electrons. The lowest BCUT2D eigenvalue weighted by molar-refractivity contribution is 0.0606. The van der Waals surface area contributed by atoms with Crippen LogP contribution in [-0.2, 0) is 11.2 Å². The van der Waals surface area contributed by atoms with Crippen LogP contribution in [0.1, 0.15) is 96.0 Å². The normalized spacial score (nSPS) is 20.9. The standard InChI is InChI=1S/C26H34Cl2O3S/c1-3-4-5-9-22(29)18-10-12-20(13-11-18)24-19(16-17-26(24,27)28)7-6-8-21-14-15-23(32-21)25(30)31-2/h10-15,19,22,24,29H,3-9,16-17H2,1-2H3. The van der Waals surface area contributed by atoms with Gasteiger partial charge in [-0.15, -0.1) is 34.5 Å². The summed E-state index contributed by atoms with van der Waals surface area (Å²) in [6.45, 7) is 2.17. The minimum absolute atomic E-state index is 0.0890. The first-order valence-corrected chi connectivity index (χ1v) is 13.3. The van der Waals surface area contributed by atoms with Crippen LogP contribution < -0.4 is 0 Å². The molecule has 1 aliphatic carbocycles. The van der Waals surface area contributed by atoms with Crippen molar-refractivity contribution in [3.63, 3.8) is 0 Å². The molecule has 1 aliphatic rings. The summed E-state index contributed by atoms with van der Waals surface area (Å²) in [5.41, 5.74) is 2.12. The lowest BCUT2D eigenvalue weighted by atomic mass is 9.84. The smallest absolute Gasteiger partial charge is 0.348 e. The fourth-order valence-corrected chi connectivity index (χ4v) is 6.61. The maximum atomic E-state index is 11.7. The number of esters is 1. The summed E-state index contributed by atoms with van der Waals surface area (Å²) in [4.78, 5) is 13.5. The van der Waals surface area contributed by atoms with Crippen molar-refractivity contribution in [1.82, 2.24) is 0 Å². The molecule has 3 nitrogen and oxygen atoms in total. The van der Waals surface area contributed by atoms with Gasteiger partial charge < -0.3 is 9.84 Å². The van der Waals surface area contributed by atoms with Crippen molar-refractivity contribution in [2.24, 2.45) is 5.92 Å². The van der Waals surface area contributed by atoms with Gasteiger partial charge in [-0.05, 0) is 67.7 Å². The third-order valence-corrected chi connectivity index (χ3v) is 8.56. The summed E-state index contributed by atoms with van der Waals surface area (Å²) in [6, 6.07) is 12.1. The number of hydrogen-bond donors (Lipinski definition) is 1. The number of aryl methyl sites for hydroxylation is 1. The van der Waals surface area contributed by atoms with Gasteiger partial charge >= 0.3 is 5.97 Å². The maximum absolute atomic E-state index is 11.7. The topological polar surface area (TPSA) is 46.5 Å². The van der Waals surface area contributed by atoms with Crippen LogP contribution in [0.15, 0.2) is 36.4 Å². The Morgan fingerprint density at radius 2 is 1.94 bits per heavy atom. The number of carbonyl (C=O) groups excluding carboxylic acids is 1. The van der Waals surface area contributed by atoms with E-state index in [4.69, 9.17) is 27.9 Å². The van der Waals surface area contributed by atoms with Crippen LogP contribution in [0.3, 0.4) is 0 Å². The molecule has 0 bridgehead atoms. The van der Waals surface area contributed by atoms with E-state index in [0.29, 0.717) is 10.8 Å². The number of halogens is 2. The number of methoxy groups -OCH3 is 1. The fraction of sp³-hybridized carbons (Fsp3) is 0.577. The van der Waals surface area contributed by atoms with Crippen molar-refractivity contribution in [2.45, 2.75) is 81.1 Å². The number of rotatable bonds is 11. The highest BCUT2D eigenvalue weighted by molar-refractivity contribution is 7.13. The van der Waals surface area contributed by atoms with E-state index in [1.165, 1.54) is 23.3 Å². The van der Waals surface area contributed by atoms with Crippen LogP contribution in [0.4, 0.5) is 0 Å². The molecule has 1 aromatic heterocycles. The van der Waals surface area contributed by atoms with Crippen LogP contribution in [0, 0.1) is 5.92 Å². The predicted molar refractivity (Wildman–Crippen MR) is 134 cm³/mol. The van der Waals surface area contributed by atoms with Crippen molar-refractivity contribution < 1.29 is 14.6 Å². The highest BCUT2D eigenvalue weighted by atomic mass is 35.5. The summed E-state index contributed by atoms with van der Waals surface area (Å²) < 4.78 is 4.04. The van der Waals surface area contributed by atoms with Gasteiger partial charge in [0, 0.05) is 10.8 Å². The van der Waals surface area contributed by atoms with E-state index >= 15 is 0 Å². The number of alkyl halides is 2. The van der Waals surface area contributed by atoms with Crippen molar-refractivity contribution >= 4 is 40.5 Å². The summed E-state index contributed by atoms with van der Waals surface area (Å²) in [6.07, 6.45) is 8.54. The van der Waals surface area contributed by atoms with Crippen LogP contribution >= 0.6 is 34.5 Å². The first-order chi connectivity index (χ1) is 15.4. The average molecular weight is 498 g/mol. The van der Waals surface area contributed by atoms with Crippen molar-refractivity contribution in [3.8, 4) is 0 Å². The van der Waals surface area contributed by atoms with E-state index in [2.05, 4.69) is 19.1 Å². The Morgan fingerprint density at radius 3 is 2.62 bits per heavy atom. The molecule has 3 rings (SSSR count). The predicted octanol–water partition coefficient (Wildman–Crippen LogP) is 7.84. The lowest BCUT2D eigenvalue weighted by Crippen LogP contribution is -2.21. The molecule has 1 aromatic carbocycles. The molecule has 3 unspecified atom stereocenters. The van der Waals surface area contributed by atoms with E-state index in [1.807, 2.05) is 24.3 Å². The quantitative estimate of drug-likeness (QED) is 0.195. The largest absolute Gasteiger partial charge is 0.465 e. The second-order valence-electron chi connectivity index (χ2n) is 8.87. The molecule has 1 saturated carbocycles. The van der Waals surface area contributed by atoms with Crippen molar-refractivity contribution in [1.29, 1.82) is 0 Å². The van der Waals surface area contributed by atoms with Gasteiger partial charge in [-0.2, -0.15) is 0 Å². The van der Waals surface area contributed by atoms with E-state index < -0.39 is 10.4 Å². The zero-order valence-corrected chi connectivity index (χ0v) is 21.3. The molecule has 3 atom stereocenters. The minimum atomic E-state index is -0.757. The second-order valence-corrected chi connectivity index (χ2v) is 11.6.